The lowest BCUT2D eigenvalue weighted by molar-refractivity contribution is 0.0946. The van der Waals surface area contributed by atoms with Crippen molar-refractivity contribution in [3.63, 3.8) is 0 Å². The first kappa shape index (κ1) is 25.1. The summed E-state index contributed by atoms with van der Waals surface area (Å²) in [6.07, 6.45) is 1.69. The number of halogens is 1. The van der Waals surface area contributed by atoms with Gasteiger partial charge in [0, 0.05) is 45.3 Å². The van der Waals surface area contributed by atoms with Crippen LogP contribution in [0.25, 0.3) is 10.9 Å². The number of nitrogens with one attached hydrogen (secondary N) is 3. The molecule has 0 aliphatic rings. The van der Waals surface area contributed by atoms with Gasteiger partial charge in [-0.3, -0.25) is 9.59 Å². The van der Waals surface area contributed by atoms with E-state index in [1.54, 1.807) is 43.6 Å². The molecule has 0 atom stereocenters. The van der Waals surface area contributed by atoms with Crippen molar-refractivity contribution >= 4 is 40.0 Å². The van der Waals surface area contributed by atoms with Crippen LogP contribution in [0.2, 0.25) is 5.02 Å². The SMILES string of the molecule is COc1ccc(C(=O)Nc2ccc(C(C)(C)CNC(=O)c3c[nH]c4ccc(Cl)cc34)cc2)cc1OC. The third-order valence-corrected chi connectivity index (χ3v) is 6.38. The minimum Gasteiger partial charge on any atom is -0.493 e. The van der Waals surface area contributed by atoms with E-state index in [4.69, 9.17) is 21.1 Å². The third kappa shape index (κ3) is 5.31. The van der Waals surface area contributed by atoms with Crippen LogP contribution in [0, 0.1) is 0 Å². The Bertz CT molecular complexity index is 1410. The number of carbonyl (C=O) groups is 2. The van der Waals surface area contributed by atoms with Gasteiger partial charge in [-0.25, -0.2) is 0 Å². The van der Waals surface area contributed by atoms with E-state index in [9.17, 15) is 9.59 Å². The molecule has 7 nitrogen and oxygen atoms in total. The first-order valence-electron chi connectivity index (χ1n) is 11.4. The highest BCUT2D eigenvalue weighted by Crippen LogP contribution is 2.29. The number of H-pyrrole nitrogens is 1. The second-order valence-electron chi connectivity index (χ2n) is 9.06. The maximum Gasteiger partial charge on any atom is 0.255 e. The van der Waals surface area contributed by atoms with Gasteiger partial charge >= 0.3 is 0 Å². The van der Waals surface area contributed by atoms with Crippen LogP contribution < -0.4 is 20.1 Å². The number of hydrogen-bond donors (Lipinski definition) is 3. The van der Waals surface area contributed by atoms with Gasteiger partial charge in [0.05, 0.1) is 19.8 Å². The summed E-state index contributed by atoms with van der Waals surface area (Å²) in [5, 5.41) is 7.29. The van der Waals surface area contributed by atoms with E-state index in [0.717, 1.165) is 16.5 Å². The molecule has 36 heavy (non-hydrogen) atoms. The predicted molar refractivity (Wildman–Crippen MR) is 143 cm³/mol. The second-order valence-corrected chi connectivity index (χ2v) is 9.50. The van der Waals surface area contributed by atoms with E-state index in [2.05, 4.69) is 29.5 Å². The molecule has 0 aliphatic carbocycles. The van der Waals surface area contributed by atoms with Crippen molar-refractivity contribution < 1.29 is 19.1 Å². The van der Waals surface area contributed by atoms with E-state index in [1.807, 2.05) is 30.3 Å². The molecule has 1 aromatic heterocycles. The molecule has 0 radical (unpaired) electrons. The zero-order valence-corrected chi connectivity index (χ0v) is 21.3. The molecule has 8 heteroatoms. The van der Waals surface area contributed by atoms with Gasteiger partial charge in [0.1, 0.15) is 0 Å². The maximum atomic E-state index is 12.9. The monoisotopic (exact) mass is 505 g/mol. The van der Waals surface area contributed by atoms with Gasteiger partial charge in [0.25, 0.3) is 11.8 Å². The smallest absolute Gasteiger partial charge is 0.255 e. The summed E-state index contributed by atoms with van der Waals surface area (Å²) < 4.78 is 10.5. The minimum atomic E-state index is -0.342. The topological polar surface area (TPSA) is 92.5 Å². The maximum absolute atomic E-state index is 12.9. The Balaban J connectivity index is 1.40. The van der Waals surface area contributed by atoms with Crippen LogP contribution >= 0.6 is 11.6 Å². The lowest BCUT2D eigenvalue weighted by Crippen LogP contribution is -2.36. The Morgan fingerprint density at radius 1 is 0.917 bits per heavy atom. The number of methoxy groups -OCH3 is 2. The number of fused-ring (bicyclic) bond motifs is 1. The van der Waals surface area contributed by atoms with Crippen molar-refractivity contribution in [1.82, 2.24) is 10.3 Å². The van der Waals surface area contributed by atoms with Gasteiger partial charge < -0.3 is 25.1 Å². The van der Waals surface area contributed by atoms with Crippen LogP contribution in [0.15, 0.2) is 66.9 Å². The molecule has 0 fully saturated rings. The number of ether oxygens (including phenoxy) is 2. The Morgan fingerprint density at radius 3 is 2.33 bits per heavy atom. The minimum absolute atomic E-state index is 0.171. The molecule has 4 rings (SSSR count). The molecule has 0 saturated heterocycles. The number of benzene rings is 3. The van der Waals surface area contributed by atoms with Gasteiger partial charge in [-0.15, -0.1) is 0 Å². The van der Waals surface area contributed by atoms with E-state index >= 15 is 0 Å². The van der Waals surface area contributed by atoms with Crippen LogP contribution in [0.5, 0.6) is 11.5 Å². The molecule has 0 saturated carbocycles. The molecule has 3 aromatic carbocycles. The van der Waals surface area contributed by atoms with Gasteiger partial charge in [-0.05, 0) is 54.1 Å². The lowest BCUT2D eigenvalue weighted by atomic mass is 9.84. The highest BCUT2D eigenvalue weighted by atomic mass is 35.5. The van der Waals surface area contributed by atoms with Crippen molar-refractivity contribution in [2.75, 3.05) is 26.1 Å². The van der Waals surface area contributed by atoms with Crippen molar-refractivity contribution in [2.24, 2.45) is 0 Å². The molecule has 4 aromatic rings. The van der Waals surface area contributed by atoms with Crippen molar-refractivity contribution in [3.8, 4) is 11.5 Å². The predicted octanol–water partition coefficient (Wildman–Crippen LogP) is 5.80. The Hall–Kier alpha value is -3.97. The number of aromatic nitrogens is 1. The zero-order chi connectivity index (χ0) is 25.9. The lowest BCUT2D eigenvalue weighted by Gasteiger charge is -2.26. The summed E-state index contributed by atoms with van der Waals surface area (Å²) in [4.78, 5) is 28.7. The van der Waals surface area contributed by atoms with Crippen molar-refractivity contribution in [2.45, 2.75) is 19.3 Å². The van der Waals surface area contributed by atoms with Crippen molar-refractivity contribution in [1.29, 1.82) is 0 Å². The number of aromatic amines is 1. The number of anilines is 1. The molecule has 2 amide bonds. The molecule has 0 spiro atoms. The summed E-state index contributed by atoms with van der Waals surface area (Å²) in [7, 11) is 3.07. The molecule has 0 bridgehead atoms. The highest BCUT2D eigenvalue weighted by Gasteiger charge is 2.23. The largest absolute Gasteiger partial charge is 0.493 e. The second kappa shape index (κ2) is 10.3. The molecule has 0 unspecified atom stereocenters. The van der Waals surface area contributed by atoms with Gasteiger partial charge in [-0.2, -0.15) is 0 Å². The van der Waals surface area contributed by atoms with Gasteiger partial charge in [0.15, 0.2) is 11.5 Å². The van der Waals surface area contributed by atoms with E-state index < -0.39 is 0 Å². The van der Waals surface area contributed by atoms with Crippen LogP contribution in [0.1, 0.15) is 40.1 Å². The van der Waals surface area contributed by atoms with Crippen LogP contribution in [0.4, 0.5) is 5.69 Å². The van der Waals surface area contributed by atoms with Gasteiger partial charge in [-0.1, -0.05) is 37.6 Å². The molecule has 186 valence electrons. The first-order valence-corrected chi connectivity index (χ1v) is 11.8. The molecular formula is C28H28ClN3O4. The number of carbonyl (C=O) groups excluding carboxylic acids is 2. The average molecular weight is 506 g/mol. The molecule has 1 heterocycles. The molecule has 0 aliphatic heterocycles. The molecule has 3 N–H and O–H groups in total. The van der Waals surface area contributed by atoms with Crippen molar-refractivity contribution in [3.05, 3.63) is 88.6 Å². The summed E-state index contributed by atoms with van der Waals surface area (Å²) in [5.74, 6) is 0.616. The summed E-state index contributed by atoms with van der Waals surface area (Å²) in [6.45, 7) is 4.53. The standard InChI is InChI=1S/C28H28ClN3O4/c1-28(2,16-31-27(34)22-15-30-23-11-8-19(29)14-21(22)23)18-6-9-20(10-7-18)32-26(33)17-5-12-24(35-3)25(13-17)36-4/h5-15,30H,16H2,1-4H3,(H,31,34)(H,32,33). The van der Waals surface area contributed by atoms with E-state index in [0.29, 0.717) is 39.9 Å². The fourth-order valence-corrected chi connectivity index (χ4v) is 4.14. The summed E-state index contributed by atoms with van der Waals surface area (Å²) in [6, 6.07) is 18.0. The van der Waals surface area contributed by atoms with Crippen LogP contribution in [-0.2, 0) is 5.41 Å². The van der Waals surface area contributed by atoms with Crippen LogP contribution in [0.3, 0.4) is 0 Å². The number of amides is 2. The molecular weight excluding hydrogens is 478 g/mol. The summed E-state index contributed by atoms with van der Waals surface area (Å²) in [5.41, 5.74) is 3.21. The normalized spacial score (nSPS) is 11.2. The Kier molecular flexibility index (Phi) is 7.22. The Labute approximate surface area is 214 Å². The quantitative estimate of drug-likeness (QED) is 0.282. The summed E-state index contributed by atoms with van der Waals surface area (Å²) >= 11 is 6.10. The fourth-order valence-electron chi connectivity index (χ4n) is 3.96. The fraction of sp³-hybridized carbons (Fsp3) is 0.214. The average Bonchev–Trinajstić information content (AvgIpc) is 3.30. The third-order valence-electron chi connectivity index (χ3n) is 6.15. The van der Waals surface area contributed by atoms with Crippen LogP contribution in [-0.4, -0.2) is 37.6 Å². The van der Waals surface area contributed by atoms with Gasteiger partial charge in [0.2, 0.25) is 0 Å². The Morgan fingerprint density at radius 2 is 1.64 bits per heavy atom. The first-order chi connectivity index (χ1) is 17.2. The number of hydrogen-bond acceptors (Lipinski definition) is 4. The number of rotatable bonds is 8. The zero-order valence-electron chi connectivity index (χ0n) is 20.6. The highest BCUT2D eigenvalue weighted by molar-refractivity contribution is 6.31. The van der Waals surface area contributed by atoms with E-state index in [-0.39, 0.29) is 17.2 Å². The van der Waals surface area contributed by atoms with E-state index in [1.165, 1.54) is 7.11 Å².